The predicted octanol–water partition coefficient (Wildman–Crippen LogP) is -0.296. The fourth-order valence-corrected chi connectivity index (χ4v) is 1.45. The molecular weight excluding hydrogens is 252 g/mol. The van der Waals surface area contributed by atoms with Crippen molar-refractivity contribution in [2.24, 2.45) is 11.5 Å². The molecule has 8 heteroatoms. The number of nitrogens with zero attached hydrogens (tertiary/aromatic N) is 4. The molecule has 2 rings (SSSR count). The zero-order valence-corrected chi connectivity index (χ0v) is 10.3. The number of carbonyl (C=O) groups excluding carboxylic acids is 1. The third-order valence-corrected chi connectivity index (χ3v) is 2.38. The Morgan fingerprint density at radius 3 is 2.67 bits per heavy atom. The lowest BCUT2D eigenvalue weighted by Crippen LogP contribution is -2.15. The molecule has 0 aliphatic heterocycles. The van der Waals surface area contributed by atoms with Crippen molar-refractivity contribution in [3.63, 3.8) is 0 Å². The number of hydrogen-bond acceptors (Lipinski definition) is 5. The summed E-state index contributed by atoms with van der Waals surface area (Å²) in [5.74, 6) is -0.284. The first-order valence-electron chi connectivity index (χ1n) is 4.97. The van der Waals surface area contributed by atoms with Crippen molar-refractivity contribution >= 4 is 23.1 Å². The molecule has 0 aromatic carbocycles. The third kappa shape index (κ3) is 2.33. The number of amides is 1. The largest absolute Gasteiger partial charge is 0.388 e. The van der Waals surface area contributed by atoms with E-state index in [0.29, 0.717) is 11.4 Å². The van der Waals surface area contributed by atoms with Crippen LogP contribution >= 0.6 is 12.2 Å². The summed E-state index contributed by atoms with van der Waals surface area (Å²) < 4.78 is 1.34. The van der Waals surface area contributed by atoms with Crippen LogP contribution in [0.2, 0.25) is 0 Å². The fourth-order valence-electron chi connectivity index (χ4n) is 1.34. The molecular formula is C10H10N6OS. The minimum Gasteiger partial charge on any atom is -0.388 e. The van der Waals surface area contributed by atoms with E-state index in [1.807, 2.05) is 0 Å². The molecule has 2 aromatic heterocycles. The van der Waals surface area contributed by atoms with Gasteiger partial charge in [0.05, 0.1) is 11.8 Å². The van der Waals surface area contributed by atoms with Crippen LogP contribution in [0.4, 0.5) is 0 Å². The normalized spacial score (nSPS) is 10.3. The van der Waals surface area contributed by atoms with Crippen LogP contribution in [0.25, 0.3) is 5.95 Å². The first kappa shape index (κ1) is 12.1. The monoisotopic (exact) mass is 262 g/mol. The molecule has 2 aromatic rings. The summed E-state index contributed by atoms with van der Waals surface area (Å²) in [5.41, 5.74) is 12.1. The Kier molecular flexibility index (Phi) is 3.02. The number of nitrogens with two attached hydrogens (primary N) is 2. The van der Waals surface area contributed by atoms with Crippen LogP contribution in [0.15, 0.2) is 18.5 Å². The smallest absolute Gasteiger partial charge is 0.251 e. The highest BCUT2D eigenvalue weighted by atomic mass is 32.1. The molecule has 0 saturated heterocycles. The van der Waals surface area contributed by atoms with Gasteiger partial charge in [-0.25, -0.2) is 14.6 Å². The second-order valence-corrected chi connectivity index (χ2v) is 4.04. The molecule has 0 radical (unpaired) electrons. The predicted molar refractivity (Wildman–Crippen MR) is 68.3 cm³/mol. The number of primary amides is 1. The molecule has 18 heavy (non-hydrogen) atoms. The van der Waals surface area contributed by atoms with Crippen LogP contribution < -0.4 is 11.5 Å². The van der Waals surface area contributed by atoms with Crippen molar-refractivity contribution in [3.8, 4) is 5.95 Å². The van der Waals surface area contributed by atoms with Crippen LogP contribution in [0.1, 0.15) is 21.7 Å². The number of hydrogen-bond donors (Lipinski definition) is 2. The van der Waals surface area contributed by atoms with Gasteiger partial charge in [0.25, 0.3) is 11.9 Å². The Morgan fingerprint density at radius 2 is 2.11 bits per heavy atom. The quantitative estimate of drug-likeness (QED) is 0.734. The molecule has 0 saturated carbocycles. The van der Waals surface area contributed by atoms with Crippen molar-refractivity contribution in [3.05, 3.63) is 35.4 Å². The molecule has 0 aliphatic rings. The lowest BCUT2D eigenvalue weighted by molar-refractivity contribution is 0.100. The second kappa shape index (κ2) is 4.49. The Morgan fingerprint density at radius 1 is 1.39 bits per heavy atom. The van der Waals surface area contributed by atoms with Gasteiger partial charge in [-0.15, -0.1) is 0 Å². The van der Waals surface area contributed by atoms with Crippen LogP contribution in [-0.4, -0.2) is 30.6 Å². The third-order valence-electron chi connectivity index (χ3n) is 2.17. The van der Waals surface area contributed by atoms with Crippen LogP contribution in [0.3, 0.4) is 0 Å². The SMILES string of the molecule is Cc1cc(C(N)=S)nc(-n2cc(C(N)=O)cn2)n1. The Bertz CT molecular complexity index is 635. The first-order valence-corrected chi connectivity index (χ1v) is 5.38. The van der Waals surface area contributed by atoms with Gasteiger partial charge in [0, 0.05) is 11.9 Å². The van der Waals surface area contributed by atoms with E-state index in [2.05, 4.69) is 15.1 Å². The van der Waals surface area contributed by atoms with Gasteiger partial charge < -0.3 is 11.5 Å². The van der Waals surface area contributed by atoms with Gasteiger partial charge in [0.2, 0.25) is 0 Å². The van der Waals surface area contributed by atoms with Crippen LogP contribution in [-0.2, 0) is 0 Å². The van der Waals surface area contributed by atoms with Gasteiger partial charge in [-0.3, -0.25) is 4.79 Å². The number of aromatic nitrogens is 4. The summed E-state index contributed by atoms with van der Waals surface area (Å²) in [6.45, 7) is 1.78. The zero-order valence-electron chi connectivity index (χ0n) is 9.49. The van der Waals surface area contributed by atoms with E-state index in [9.17, 15) is 4.79 Å². The molecule has 0 unspecified atom stereocenters. The van der Waals surface area contributed by atoms with E-state index in [4.69, 9.17) is 23.7 Å². The maximum absolute atomic E-state index is 11.0. The van der Waals surface area contributed by atoms with E-state index >= 15 is 0 Å². The molecule has 0 spiro atoms. The molecule has 0 bridgehead atoms. The molecule has 2 heterocycles. The van der Waals surface area contributed by atoms with Gasteiger partial charge in [-0.2, -0.15) is 5.10 Å². The van der Waals surface area contributed by atoms with E-state index in [-0.39, 0.29) is 16.5 Å². The number of carbonyl (C=O) groups is 1. The maximum Gasteiger partial charge on any atom is 0.251 e. The van der Waals surface area contributed by atoms with Gasteiger partial charge in [0.1, 0.15) is 10.7 Å². The summed E-state index contributed by atoms with van der Waals surface area (Å²) in [7, 11) is 0. The van der Waals surface area contributed by atoms with Crippen molar-refractivity contribution < 1.29 is 4.79 Å². The molecule has 0 atom stereocenters. The number of thiocarbonyl (C=S) groups is 1. The standard InChI is InChI=1S/C10H10N6OS/c1-5-2-7(9(12)18)15-10(14-5)16-4-6(3-13-16)8(11)17/h2-4H,1H3,(H2,11,17)(H2,12,18). The first-order chi connectivity index (χ1) is 8.47. The zero-order chi connectivity index (χ0) is 13.3. The Hall–Kier alpha value is -2.35. The van der Waals surface area contributed by atoms with E-state index < -0.39 is 5.91 Å². The van der Waals surface area contributed by atoms with E-state index in [1.165, 1.54) is 17.1 Å². The average Bonchev–Trinajstić information content (AvgIpc) is 2.77. The van der Waals surface area contributed by atoms with Crippen molar-refractivity contribution in [1.29, 1.82) is 0 Å². The number of rotatable bonds is 3. The van der Waals surface area contributed by atoms with Gasteiger partial charge >= 0.3 is 0 Å². The maximum atomic E-state index is 11.0. The molecule has 92 valence electrons. The summed E-state index contributed by atoms with van der Waals surface area (Å²) in [6.07, 6.45) is 2.79. The molecule has 4 N–H and O–H groups in total. The minimum absolute atomic E-state index is 0.170. The van der Waals surface area contributed by atoms with Crippen LogP contribution in [0.5, 0.6) is 0 Å². The fraction of sp³-hybridized carbons (Fsp3) is 0.100. The summed E-state index contributed by atoms with van der Waals surface area (Å²) in [6, 6.07) is 1.67. The van der Waals surface area contributed by atoms with Crippen molar-refractivity contribution in [2.45, 2.75) is 6.92 Å². The topological polar surface area (TPSA) is 113 Å². The highest BCUT2D eigenvalue weighted by Gasteiger charge is 2.10. The lowest BCUT2D eigenvalue weighted by Gasteiger charge is -2.04. The molecule has 0 fully saturated rings. The average molecular weight is 262 g/mol. The highest BCUT2D eigenvalue weighted by Crippen LogP contribution is 2.06. The molecule has 7 nitrogen and oxygen atoms in total. The summed E-state index contributed by atoms with van der Waals surface area (Å²) >= 11 is 4.86. The molecule has 1 amide bonds. The Labute approximate surface area is 108 Å². The van der Waals surface area contributed by atoms with E-state index in [0.717, 1.165) is 0 Å². The van der Waals surface area contributed by atoms with Gasteiger partial charge in [-0.1, -0.05) is 12.2 Å². The summed E-state index contributed by atoms with van der Waals surface area (Å²) in [4.78, 5) is 19.5. The van der Waals surface area contributed by atoms with Crippen LogP contribution in [0, 0.1) is 6.92 Å². The van der Waals surface area contributed by atoms with Crippen molar-refractivity contribution in [2.75, 3.05) is 0 Å². The lowest BCUT2D eigenvalue weighted by atomic mass is 10.3. The summed E-state index contributed by atoms with van der Waals surface area (Å²) in [5, 5.41) is 3.96. The van der Waals surface area contributed by atoms with Gasteiger partial charge in [-0.05, 0) is 13.0 Å². The second-order valence-electron chi connectivity index (χ2n) is 3.60. The number of aryl methyl sites for hydroxylation is 1. The van der Waals surface area contributed by atoms with E-state index in [1.54, 1.807) is 13.0 Å². The van der Waals surface area contributed by atoms with Crippen molar-refractivity contribution in [1.82, 2.24) is 19.7 Å². The Balaban J connectivity index is 2.49. The molecule has 0 aliphatic carbocycles. The van der Waals surface area contributed by atoms with Gasteiger partial charge in [0.15, 0.2) is 0 Å². The highest BCUT2D eigenvalue weighted by molar-refractivity contribution is 7.80. The minimum atomic E-state index is -0.566.